The highest BCUT2D eigenvalue weighted by Crippen LogP contribution is 2.24. The van der Waals surface area contributed by atoms with E-state index in [2.05, 4.69) is 68.6 Å². The lowest BCUT2D eigenvalue weighted by Gasteiger charge is -2.38. The van der Waals surface area contributed by atoms with Crippen molar-refractivity contribution >= 4 is 17.4 Å². The predicted octanol–water partition coefficient (Wildman–Crippen LogP) is 4.13. The van der Waals surface area contributed by atoms with Crippen LogP contribution in [-0.4, -0.2) is 55.6 Å². The fourth-order valence-corrected chi connectivity index (χ4v) is 4.78. The maximum absolute atomic E-state index is 13.0. The Morgan fingerprint density at radius 1 is 0.903 bits per heavy atom. The minimum atomic E-state index is -0.189. The van der Waals surface area contributed by atoms with Crippen molar-refractivity contribution in [3.63, 3.8) is 0 Å². The van der Waals surface area contributed by atoms with Gasteiger partial charge in [-0.25, -0.2) is 4.79 Å². The lowest BCUT2D eigenvalue weighted by Crippen LogP contribution is -2.49. The van der Waals surface area contributed by atoms with Crippen LogP contribution in [0, 0.1) is 0 Å². The first-order valence-corrected chi connectivity index (χ1v) is 11.7. The molecular formula is C25H30N4OS. The van der Waals surface area contributed by atoms with Crippen LogP contribution in [0.3, 0.4) is 0 Å². The number of carbonyl (C=O) groups excluding carboxylic acids is 1. The molecule has 2 heterocycles. The second kappa shape index (κ2) is 10.6. The maximum atomic E-state index is 13.0. The minimum Gasteiger partial charge on any atom is -0.336 e. The smallest absolute Gasteiger partial charge is 0.315 e. The van der Waals surface area contributed by atoms with Gasteiger partial charge in [-0.05, 0) is 40.6 Å². The first kappa shape index (κ1) is 21.6. The Morgan fingerprint density at radius 3 is 2.06 bits per heavy atom. The number of piperazine rings is 1. The zero-order valence-corrected chi connectivity index (χ0v) is 18.7. The van der Waals surface area contributed by atoms with E-state index in [4.69, 9.17) is 0 Å². The number of amides is 2. The van der Waals surface area contributed by atoms with Crippen molar-refractivity contribution in [1.29, 1.82) is 0 Å². The van der Waals surface area contributed by atoms with Gasteiger partial charge in [-0.3, -0.25) is 4.90 Å². The number of thiophene rings is 1. The molecule has 2 N–H and O–H groups in total. The van der Waals surface area contributed by atoms with E-state index in [1.54, 1.807) is 11.3 Å². The third kappa shape index (κ3) is 5.73. The van der Waals surface area contributed by atoms with E-state index >= 15 is 0 Å². The predicted molar refractivity (Wildman–Crippen MR) is 127 cm³/mol. The van der Waals surface area contributed by atoms with Gasteiger partial charge in [0.2, 0.25) is 0 Å². The number of hydrogen-bond acceptors (Lipinski definition) is 4. The number of hydrogen-bond donors (Lipinski definition) is 2. The van der Waals surface area contributed by atoms with Crippen LogP contribution in [0.2, 0.25) is 0 Å². The Labute approximate surface area is 188 Å². The van der Waals surface area contributed by atoms with Crippen LogP contribution in [0.25, 0.3) is 0 Å². The van der Waals surface area contributed by atoms with Crippen molar-refractivity contribution in [3.05, 3.63) is 94.2 Å². The molecule has 3 aromatic rings. The summed E-state index contributed by atoms with van der Waals surface area (Å²) in [5.41, 5.74) is 3.41. The SMILES string of the molecule is CN1CCN(C(CNC(=O)NC(c2ccccc2)c2ccccc2)c2ccsc2)CC1. The summed E-state index contributed by atoms with van der Waals surface area (Å²) in [4.78, 5) is 17.8. The first-order chi connectivity index (χ1) is 15.2. The highest BCUT2D eigenvalue weighted by molar-refractivity contribution is 7.07. The van der Waals surface area contributed by atoms with Crippen LogP contribution in [-0.2, 0) is 0 Å². The Balaban J connectivity index is 1.44. The van der Waals surface area contributed by atoms with Crippen molar-refractivity contribution in [1.82, 2.24) is 20.4 Å². The number of urea groups is 1. The van der Waals surface area contributed by atoms with Crippen LogP contribution < -0.4 is 10.6 Å². The maximum Gasteiger partial charge on any atom is 0.315 e. The van der Waals surface area contributed by atoms with Crippen molar-refractivity contribution in [2.75, 3.05) is 39.8 Å². The second-order valence-corrected chi connectivity index (χ2v) is 8.80. The number of nitrogens with one attached hydrogen (secondary N) is 2. The summed E-state index contributed by atoms with van der Waals surface area (Å²) in [6, 6.07) is 22.2. The molecule has 1 aromatic heterocycles. The van der Waals surface area contributed by atoms with Gasteiger partial charge in [0.05, 0.1) is 12.1 Å². The zero-order valence-electron chi connectivity index (χ0n) is 17.9. The van der Waals surface area contributed by atoms with Gasteiger partial charge in [-0.1, -0.05) is 60.7 Å². The largest absolute Gasteiger partial charge is 0.336 e. The van der Waals surface area contributed by atoms with Crippen molar-refractivity contribution in [3.8, 4) is 0 Å². The Morgan fingerprint density at radius 2 is 1.52 bits per heavy atom. The van der Waals surface area contributed by atoms with Gasteiger partial charge in [0.15, 0.2) is 0 Å². The molecule has 1 unspecified atom stereocenters. The molecule has 1 fully saturated rings. The summed E-state index contributed by atoms with van der Waals surface area (Å²) in [5, 5.41) is 10.6. The monoisotopic (exact) mass is 434 g/mol. The number of benzene rings is 2. The molecular weight excluding hydrogens is 404 g/mol. The molecule has 1 saturated heterocycles. The molecule has 0 aliphatic carbocycles. The van der Waals surface area contributed by atoms with Crippen LogP contribution in [0.15, 0.2) is 77.5 Å². The summed E-state index contributed by atoms with van der Waals surface area (Å²) in [6.07, 6.45) is 0. The third-order valence-corrected chi connectivity index (χ3v) is 6.61. The molecule has 2 amide bonds. The molecule has 2 aromatic carbocycles. The average Bonchev–Trinajstić information content (AvgIpc) is 3.34. The second-order valence-electron chi connectivity index (χ2n) is 8.02. The molecule has 5 nitrogen and oxygen atoms in total. The zero-order chi connectivity index (χ0) is 21.5. The Kier molecular flexibility index (Phi) is 7.35. The lowest BCUT2D eigenvalue weighted by molar-refractivity contribution is 0.111. The van der Waals surface area contributed by atoms with E-state index in [1.807, 2.05) is 36.4 Å². The van der Waals surface area contributed by atoms with Crippen LogP contribution >= 0.6 is 11.3 Å². The Bertz CT molecular complexity index is 885. The molecule has 162 valence electrons. The van der Waals surface area contributed by atoms with Crippen molar-refractivity contribution in [2.45, 2.75) is 12.1 Å². The van der Waals surface area contributed by atoms with Gasteiger partial charge in [0, 0.05) is 32.7 Å². The molecule has 0 radical (unpaired) electrons. The first-order valence-electron chi connectivity index (χ1n) is 10.8. The van der Waals surface area contributed by atoms with E-state index in [-0.39, 0.29) is 18.1 Å². The van der Waals surface area contributed by atoms with Gasteiger partial charge >= 0.3 is 6.03 Å². The van der Waals surface area contributed by atoms with Gasteiger partial charge in [-0.15, -0.1) is 0 Å². The topological polar surface area (TPSA) is 47.6 Å². The van der Waals surface area contributed by atoms with E-state index in [0.717, 1.165) is 37.3 Å². The fourth-order valence-electron chi connectivity index (χ4n) is 4.08. The van der Waals surface area contributed by atoms with Gasteiger partial charge in [-0.2, -0.15) is 11.3 Å². The van der Waals surface area contributed by atoms with E-state index in [9.17, 15) is 4.79 Å². The van der Waals surface area contributed by atoms with E-state index < -0.39 is 0 Å². The minimum absolute atomic E-state index is 0.146. The molecule has 0 bridgehead atoms. The molecule has 4 rings (SSSR count). The number of likely N-dealkylation sites (N-methyl/N-ethyl adjacent to an activating group) is 1. The normalized spacial score (nSPS) is 16.2. The van der Waals surface area contributed by atoms with Crippen LogP contribution in [0.1, 0.15) is 28.8 Å². The van der Waals surface area contributed by atoms with Crippen molar-refractivity contribution in [2.24, 2.45) is 0 Å². The molecule has 0 spiro atoms. The summed E-state index contributed by atoms with van der Waals surface area (Å²) in [5.74, 6) is 0. The fraction of sp³-hybridized carbons (Fsp3) is 0.320. The summed E-state index contributed by atoms with van der Waals surface area (Å²) >= 11 is 1.71. The molecule has 0 saturated carbocycles. The lowest BCUT2D eigenvalue weighted by atomic mass is 9.99. The van der Waals surface area contributed by atoms with Gasteiger partial charge in [0.1, 0.15) is 0 Å². The van der Waals surface area contributed by atoms with Crippen LogP contribution in [0.4, 0.5) is 4.79 Å². The summed E-state index contributed by atoms with van der Waals surface area (Å²) in [6.45, 7) is 4.71. The van der Waals surface area contributed by atoms with E-state index in [1.165, 1.54) is 5.56 Å². The number of rotatable bonds is 7. The quantitative estimate of drug-likeness (QED) is 0.588. The summed E-state index contributed by atoms with van der Waals surface area (Å²) < 4.78 is 0. The molecule has 1 aliphatic rings. The van der Waals surface area contributed by atoms with Gasteiger partial charge in [0.25, 0.3) is 0 Å². The van der Waals surface area contributed by atoms with Gasteiger partial charge < -0.3 is 15.5 Å². The molecule has 1 aliphatic heterocycles. The van der Waals surface area contributed by atoms with Crippen molar-refractivity contribution < 1.29 is 4.79 Å². The Hall–Kier alpha value is -2.67. The number of nitrogens with zero attached hydrogens (tertiary/aromatic N) is 2. The number of carbonyl (C=O) groups is 1. The van der Waals surface area contributed by atoms with E-state index in [0.29, 0.717) is 6.54 Å². The molecule has 1 atom stereocenters. The highest BCUT2D eigenvalue weighted by atomic mass is 32.1. The third-order valence-electron chi connectivity index (χ3n) is 5.90. The highest BCUT2D eigenvalue weighted by Gasteiger charge is 2.25. The summed E-state index contributed by atoms with van der Waals surface area (Å²) in [7, 11) is 2.16. The van der Waals surface area contributed by atoms with Crippen LogP contribution in [0.5, 0.6) is 0 Å². The molecule has 31 heavy (non-hydrogen) atoms. The standard InChI is InChI=1S/C25H30N4OS/c1-28-13-15-29(16-14-28)23(22-12-17-31-19-22)18-26-25(30)27-24(20-8-4-2-5-9-20)21-10-6-3-7-11-21/h2-12,17,19,23-24H,13-16,18H2,1H3,(H2,26,27,30). The molecule has 6 heteroatoms. The average molecular weight is 435 g/mol.